The van der Waals surface area contributed by atoms with Crippen molar-refractivity contribution in [3.8, 4) is 5.75 Å². The molecule has 1 aliphatic heterocycles. The molecule has 1 heterocycles. The van der Waals surface area contributed by atoms with Crippen LogP contribution >= 0.6 is 0 Å². The molecule has 5 heteroatoms. The molecule has 1 aliphatic carbocycles. The first-order valence-corrected chi connectivity index (χ1v) is 7.50. The van der Waals surface area contributed by atoms with E-state index >= 15 is 0 Å². The lowest BCUT2D eigenvalue weighted by Crippen LogP contribution is -2.38. The molecule has 3 rings (SSSR count). The summed E-state index contributed by atoms with van der Waals surface area (Å²) < 4.78 is 11.1. The fourth-order valence-corrected chi connectivity index (χ4v) is 2.79. The normalized spacial score (nSPS) is 25.5. The maximum Gasteiger partial charge on any atom is 0.307 e. The topological polar surface area (TPSA) is 59.0 Å². The second-order valence-corrected chi connectivity index (χ2v) is 5.66. The number of ether oxygens (including phenoxy) is 2. The molecule has 0 aromatic heterocycles. The summed E-state index contributed by atoms with van der Waals surface area (Å²) in [6.07, 6.45) is 0.743. The monoisotopic (exact) mass is 291 g/mol. The number of nitrogens with zero attached hydrogens (tertiary/aromatic N) is 1. The van der Waals surface area contributed by atoms with Gasteiger partial charge >= 0.3 is 5.97 Å². The van der Waals surface area contributed by atoms with Gasteiger partial charge in [-0.05, 0) is 30.0 Å². The number of rotatable bonds is 6. The number of morpholine rings is 1. The van der Waals surface area contributed by atoms with Gasteiger partial charge in [-0.1, -0.05) is 12.1 Å². The number of hydrogen-bond acceptors (Lipinski definition) is 4. The summed E-state index contributed by atoms with van der Waals surface area (Å²) in [6, 6.07) is 7.84. The molecule has 0 radical (unpaired) electrons. The van der Waals surface area contributed by atoms with Gasteiger partial charge in [0.05, 0.1) is 19.1 Å². The molecular formula is C16H21NO4. The van der Waals surface area contributed by atoms with Crippen molar-refractivity contribution in [1.82, 2.24) is 4.90 Å². The van der Waals surface area contributed by atoms with Gasteiger partial charge in [-0.3, -0.25) is 9.69 Å². The quantitative estimate of drug-likeness (QED) is 0.862. The van der Waals surface area contributed by atoms with E-state index in [1.165, 1.54) is 0 Å². The van der Waals surface area contributed by atoms with Crippen LogP contribution in [0.1, 0.15) is 17.9 Å². The second-order valence-electron chi connectivity index (χ2n) is 5.66. The summed E-state index contributed by atoms with van der Waals surface area (Å²) in [6.45, 7) is 5.07. The van der Waals surface area contributed by atoms with Gasteiger partial charge in [0.15, 0.2) is 0 Å². The summed E-state index contributed by atoms with van der Waals surface area (Å²) >= 11 is 0. The molecule has 2 aliphatic rings. The summed E-state index contributed by atoms with van der Waals surface area (Å²) in [5, 5.41) is 8.99. The molecule has 5 nitrogen and oxygen atoms in total. The molecule has 1 N–H and O–H groups in total. The van der Waals surface area contributed by atoms with Crippen LogP contribution in [-0.2, 0) is 9.53 Å². The zero-order valence-corrected chi connectivity index (χ0v) is 12.0. The Morgan fingerprint density at radius 1 is 1.38 bits per heavy atom. The first-order valence-electron chi connectivity index (χ1n) is 7.50. The lowest BCUT2D eigenvalue weighted by Gasteiger charge is -2.26. The van der Waals surface area contributed by atoms with Crippen LogP contribution in [0, 0.1) is 5.92 Å². The van der Waals surface area contributed by atoms with Gasteiger partial charge in [0.1, 0.15) is 12.4 Å². The van der Waals surface area contributed by atoms with Crippen molar-refractivity contribution in [3.63, 3.8) is 0 Å². The standard InChI is InChI=1S/C16H21NO4/c18-16(19)15-11-14(15)12-2-1-3-13(10-12)21-9-6-17-4-7-20-8-5-17/h1-3,10,14-15H,4-9,11H2,(H,18,19). The third-order valence-corrected chi connectivity index (χ3v) is 4.17. The zero-order chi connectivity index (χ0) is 14.7. The third-order valence-electron chi connectivity index (χ3n) is 4.17. The minimum atomic E-state index is -0.696. The Hall–Kier alpha value is -1.59. The van der Waals surface area contributed by atoms with Crippen LogP contribution in [0.15, 0.2) is 24.3 Å². The van der Waals surface area contributed by atoms with E-state index in [9.17, 15) is 4.79 Å². The average molecular weight is 291 g/mol. The predicted octanol–water partition coefficient (Wildman–Crippen LogP) is 1.59. The number of benzene rings is 1. The SMILES string of the molecule is O=C(O)C1CC1c1cccc(OCCN2CCOCC2)c1. The second kappa shape index (κ2) is 6.45. The smallest absolute Gasteiger partial charge is 0.307 e. The van der Waals surface area contributed by atoms with Gasteiger partial charge in [0, 0.05) is 19.6 Å². The molecule has 21 heavy (non-hydrogen) atoms. The van der Waals surface area contributed by atoms with Gasteiger partial charge in [-0.15, -0.1) is 0 Å². The molecule has 2 fully saturated rings. The molecule has 1 saturated carbocycles. The number of carboxylic acids is 1. The summed E-state index contributed by atoms with van der Waals surface area (Å²) in [5.74, 6) is 0.0781. The van der Waals surface area contributed by atoms with Gasteiger partial charge in [-0.25, -0.2) is 0 Å². The predicted molar refractivity (Wildman–Crippen MR) is 77.7 cm³/mol. The zero-order valence-electron chi connectivity index (χ0n) is 12.0. The lowest BCUT2D eigenvalue weighted by atomic mass is 10.1. The molecule has 1 aromatic carbocycles. The van der Waals surface area contributed by atoms with E-state index in [1.54, 1.807) is 0 Å². The van der Waals surface area contributed by atoms with E-state index in [-0.39, 0.29) is 11.8 Å². The Kier molecular flexibility index (Phi) is 4.41. The highest BCUT2D eigenvalue weighted by atomic mass is 16.5. The van der Waals surface area contributed by atoms with E-state index in [4.69, 9.17) is 14.6 Å². The van der Waals surface area contributed by atoms with E-state index in [0.29, 0.717) is 6.61 Å². The fourth-order valence-electron chi connectivity index (χ4n) is 2.79. The van der Waals surface area contributed by atoms with E-state index in [1.807, 2.05) is 24.3 Å². The van der Waals surface area contributed by atoms with E-state index in [2.05, 4.69) is 4.90 Å². The summed E-state index contributed by atoms with van der Waals surface area (Å²) in [7, 11) is 0. The summed E-state index contributed by atoms with van der Waals surface area (Å²) in [5.41, 5.74) is 1.08. The average Bonchev–Trinajstić information content (AvgIpc) is 3.29. The van der Waals surface area contributed by atoms with Crippen molar-refractivity contribution in [3.05, 3.63) is 29.8 Å². The van der Waals surface area contributed by atoms with Crippen LogP contribution < -0.4 is 4.74 Å². The fraction of sp³-hybridized carbons (Fsp3) is 0.562. The Balaban J connectivity index is 1.48. The first kappa shape index (κ1) is 14.4. The van der Waals surface area contributed by atoms with Crippen molar-refractivity contribution in [2.45, 2.75) is 12.3 Å². The molecule has 1 saturated heterocycles. The van der Waals surface area contributed by atoms with Crippen LogP contribution in [0.5, 0.6) is 5.75 Å². The van der Waals surface area contributed by atoms with Crippen LogP contribution in [0.2, 0.25) is 0 Å². The minimum absolute atomic E-state index is 0.158. The molecule has 0 amide bonds. The Labute approximate surface area is 124 Å². The number of aliphatic carboxylic acids is 1. The highest BCUT2D eigenvalue weighted by molar-refractivity contribution is 5.75. The van der Waals surface area contributed by atoms with Gasteiger partial charge < -0.3 is 14.6 Å². The maximum absolute atomic E-state index is 10.9. The molecule has 0 bridgehead atoms. The van der Waals surface area contributed by atoms with Crippen LogP contribution in [0.25, 0.3) is 0 Å². The number of hydrogen-bond donors (Lipinski definition) is 1. The van der Waals surface area contributed by atoms with Crippen molar-refractivity contribution in [2.24, 2.45) is 5.92 Å². The number of carboxylic acid groups (broad SMARTS) is 1. The highest BCUT2D eigenvalue weighted by Crippen LogP contribution is 2.48. The van der Waals surface area contributed by atoms with Gasteiger partial charge in [0.25, 0.3) is 0 Å². The molecule has 114 valence electrons. The first-order chi connectivity index (χ1) is 10.2. The van der Waals surface area contributed by atoms with Crippen molar-refractivity contribution < 1.29 is 19.4 Å². The molecule has 1 aromatic rings. The van der Waals surface area contributed by atoms with Crippen LogP contribution in [-0.4, -0.2) is 55.4 Å². The minimum Gasteiger partial charge on any atom is -0.492 e. The Morgan fingerprint density at radius 3 is 2.90 bits per heavy atom. The molecular weight excluding hydrogens is 270 g/mol. The third kappa shape index (κ3) is 3.74. The molecule has 2 atom stereocenters. The summed E-state index contributed by atoms with van der Waals surface area (Å²) in [4.78, 5) is 13.3. The van der Waals surface area contributed by atoms with E-state index < -0.39 is 5.97 Å². The van der Waals surface area contributed by atoms with Crippen molar-refractivity contribution >= 4 is 5.97 Å². The number of carbonyl (C=O) groups is 1. The lowest BCUT2D eigenvalue weighted by molar-refractivity contribution is -0.138. The van der Waals surface area contributed by atoms with Crippen LogP contribution in [0.3, 0.4) is 0 Å². The van der Waals surface area contributed by atoms with Gasteiger partial charge in [-0.2, -0.15) is 0 Å². The Bertz CT molecular complexity index is 499. The van der Waals surface area contributed by atoms with Crippen molar-refractivity contribution in [1.29, 1.82) is 0 Å². The maximum atomic E-state index is 10.9. The molecule has 2 unspecified atom stereocenters. The molecule has 0 spiro atoms. The largest absolute Gasteiger partial charge is 0.492 e. The van der Waals surface area contributed by atoms with Gasteiger partial charge in [0.2, 0.25) is 0 Å². The van der Waals surface area contributed by atoms with E-state index in [0.717, 1.165) is 50.6 Å². The highest BCUT2D eigenvalue weighted by Gasteiger charge is 2.44. The van der Waals surface area contributed by atoms with Crippen molar-refractivity contribution in [2.75, 3.05) is 39.5 Å². The van der Waals surface area contributed by atoms with Crippen LogP contribution in [0.4, 0.5) is 0 Å². The Morgan fingerprint density at radius 2 is 2.19 bits per heavy atom.